The van der Waals surface area contributed by atoms with Crippen LogP contribution in [-0.2, 0) is 4.79 Å². The first-order chi connectivity index (χ1) is 19.4. The third-order valence-electron chi connectivity index (χ3n) is 6.32. The van der Waals surface area contributed by atoms with Crippen molar-refractivity contribution in [1.82, 2.24) is 4.57 Å². The summed E-state index contributed by atoms with van der Waals surface area (Å²) in [5, 5.41) is 2.96. The van der Waals surface area contributed by atoms with Gasteiger partial charge in [-0.2, -0.15) is 0 Å². The zero-order chi connectivity index (χ0) is 28.2. The van der Waals surface area contributed by atoms with E-state index in [1.165, 1.54) is 11.3 Å². The number of methoxy groups -OCH3 is 1. The molecule has 0 saturated heterocycles. The Morgan fingerprint density at radius 3 is 2.67 bits per heavy atom. The Balaban J connectivity index is 1.63. The first-order valence-electron chi connectivity index (χ1n) is 12.5. The standard InChI is InChI=1S/C31H26BrN3O4S/c1-4-15-39-25-14-13-20(16-24(25)32)17-26-30(37)35-28(21-9-8-12-23(18-21)38-3)27(19(2)33-31(35)40-26)29(36)34-22-10-6-5-7-11-22/h4-14,16-18,28H,1,15H2,2-3H3,(H,34,36)/b26-17-/t28-/m1/s1. The molecule has 1 N–H and O–H groups in total. The second-order valence-electron chi connectivity index (χ2n) is 8.97. The van der Waals surface area contributed by atoms with Crippen LogP contribution in [0.25, 0.3) is 6.08 Å². The maximum absolute atomic E-state index is 13.9. The number of benzene rings is 3. The van der Waals surface area contributed by atoms with Crippen LogP contribution in [-0.4, -0.2) is 24.2 Å². The van der Waals surface area contributed by atoms with Gasteiger partial charge in [-0.15, -0.1) is 0 Å². The number of aromatic nitrogens is 1. The van der Waals surface area contributed by atoms with E-state index < -0.39 is 6.04 Å². The fraction of sp³-hybridized carbons (Fsp3) is 0.129. The normalized spacial score (nSPS) is 14.8. The molecule has 0 bridgehead atoms. The van der Waals surface area contributed by atoms with Gasteiger partial charge in [-0.1, -0.05) is 60.4 Å². The van der Waals surface area contributed by atoms with E-state index in [9.17, 15) is 9.59 Å². The van der Waals surface area contributed by atoms with Crippen LogP contribution < -0.4 is 29.7 Å². The van der Waals surface area contributed by atoms with Gasteiger partial charge in [0.05, 0.1) is 33.4 Å². The van der Waals surface area contributed by atoms with Crippen LogP contribution >= 0.6 is 27.3 Å². The van der Waals surface area contributed by atoms with Gasteiger partial charge in [0.25, 0.3) is 11.5 Å². The number of carbonyl (C=O) groups excluding carboxylic acids is 1. The van der Waals surface area contributed by atoms with Gasteiger partial charge < -0.3 is 14.8 Å². The largest absolute Gasteiger partial charge is 0.497 e. The molecule has 0 saturated carbocycles. The molecule has 0 unspecified atom stereocenters. The predicted molar refractivity (Wildman–Crippen MR) is 162 cm³/mol. The highest BCUT2D eigenvalue weighted by Crippen LogP contribution is 2.32. The summed E-state index contributed by atoms with van der Waals surface area (Å²) in [6.45, 7) is 5.86. The molecule has 1 aliphatic rings. The zero-order valence-corrected chi connectivity index (χ0v) is 24.3. The highest BCUT2D eigenvalue weighted by atomic mass is 79.9. The van der Waals surface area contributed by atoms with E-state index in [4.69, 9.17) is 14.5 Å². The lowest BCUT2D eigenvalue weighted by Gasteiger charge is -2.25. The van der Waals surface area contributed by atoms with E-state index in [-0.39, 0.29) is 11.5 Å². The van der Waals surface area contributed by atoms with Crippen molar-refractivity contribution in [3.63, 3.8) is 0 Å². The Hall–Kier alpha value is -4.21. The number of para-hydroxylation sites is 1. The number of carbonyl (C=O) groups is 1. The molecular weight excluding hydrogens is 590 g/mol. The molecule has 7 nitrogen and oxygen atoms in total. The minimum atomic E-state index is -0.696. The van der Waals surface area contributed by atoms with E-state index in [0.717, 1.165) is 15.6 Å². The van der Waals surface area contributed by atoms with Crippen molar-refractivity contribution in [1.29, 1.82) is 0 Å². The average molecular weight is 617 g/mol. The number of nitrogens with zero attached hydrogens (tertiary/aromatic N) is 2. The zero-order valence-electron chi connectivity index (χ0n) is 21.9. The SMILES string of the molecule is C=CCOc1ccc(/C=c2\sc3n(c2=O)[C@H](c2cccc(OC)c2)C(C(=O)Nc2ccccc2)=C(C)N=3)cc1Br. The van der Waals surface area contributed by atoms with Crippen molar-refractivity contribution in [3.05, 3.63) is 132 Å². The molecule has 9 heteroatoms. The number of thiazole rings is 1. The van der Waals surface area contributed by atoms with Crippen molar-refractivity contribution in [2.45, 2.75) is 13.0 Å². The molecule has 1 atom stereocenters. The van der Waals surface area contributed by atoms with Crippen LogP contribution in [0.1, 0.15) is 24.1 Å². The van der Waals surface area contributed by atoms with Crippen LogP contribution in [0.4, 0.5) is 5.69 Å². The van der Waals surface area contributed by atoms with Crippen molar-refractivity contribution in [3.8, 4) is 11.5 Å². The fourth-order valence-electron chi connectivity index (χ4n) is 4.48. The topological polar surface area (TPSA) is 81.9 Å². The van der Waals surface area contributed by atoms with Crippen LogP contribution in [0.2, 0.25) is 0 Å². The lowest BCUT2D eigenvalue weighted by Crippen LogP contribution is -2.40. The molecule has 3 aromatic carbocycles. The highest BCUT2D eigenvalue weighted by molar-refractivity contribution is 9.10. The molecule has 0 aliphatic carbocycles. The number of ether oxygens (including phenoxy) is 2. The number of hydrogen-bond donors (Lipinski definition) is 1. The van der Waals surface area contributed by atoms with Gasteiger partial charge >= 0.3 is 0 Å². The lowest BCUT2D eigenvalue weighted by molar-refractivity contribution is -0.113. The maximum atomic E-state index is 13.9. The maximum Gasteiger partial charge on any atom is 0.271 e. The Labute approximate surface area is 243 Å². The van der Waals surface area contributed by atoms with Gasteiger partial charge in [0, 0.05) is 5.69 Å². The average Bonchev–Trinajstić information content (AvgIpc) is 3.26. The smallest absolute Gasteiger partial charge is 0.271 e. The van der Waals surface area contributed by atoms with Gasteiger partial charge in [-0.05, 0) is 76.5 Å². The van der Waals surface area contributed by atoms with Crippen LogP contribution in [0, 0.1) is 0 Å². The fourth-order valence-corrected chi connectivity index (χ4v) is 6.04. The molecular formula is C31H26BrN3O4S. The molecule has 40 heavy (non-hydrogen) atoms. The number of anilines is 1. The second kappa shape index (κ2) is 11.9. The van der Waals surface area contributed by atoms with Crippen molar-refractivity contribution >= 4 is 44.9 Å². The molecule has 0 spiro atoms. The van der Waals surface area contributed by atoms with E-state index in [2.05, 4.69) is 27.8 Å². The quantitative estimate of drug-likeness (QED) is 0.276. The molecule has 1 amide bonds. The first kappa shape index (κ1) is 27.4. The van der Waals surface area contributed by atoms with Gasteiger partial charge in [0.2, 0.25) is 0 Å². The highest BCUT2D eigenvalue weighted by Gasteiger charge is 2.32. The van der Waals surface area contributed by atoms with Crippen LogP contribution in [0.5, 0.6) is 11.5 Å². The van der Waals surface area contributed by atoms with Crippen molar-refractivity contribution < 1.29 is 14.3 Å². The Kier molecular flexibility index (Phi) is 8.14. The summed E-state index contributed by atoms with van der Waals surface area (Å²) in [5.41, 5.74) is 2.91. The minimum Gasteiger partial charge on any atom is -0.497 e. The number of allylic oxidation sites excluding steroid dienone is 1. The summed E-state index contributed by atoms with van der Waals surface area (Å²) < 4.78 is 14.0. The summed E-state index contributed by atoms with van der Waals surface area (Å²) in [6, 6.07) is 21.5. The van der Waals surface area contributed by atoms with Crippen molar-refractivity contribution in [2.24, 2.45) is 4.99 Å². The summed E-state index contributed by atoms with van der Waals surface area (Å²) in [7, 11) is 1.58. The number of hydrogen-bond acceptors (Lipinski definition) is 6. The minimum absolute atomic E-state index is 0.239. The van der Waals surface area contributed by atoms with Gasteiger partial charge in [-0.25, -0.2) is 4.99 Å². The number of halogens is 1. The van der Waals surface area contributed by atoms with Crippen molar-refractivity contribution in [2.75, 3.05) is 19.0 Å². The molecule has 0 fully saturated rings. The summed E-state index contributed by atoms with van der Waals surface area (Å²) in [6.07, 6.45) is 3.49. The number of rotatable bonds is 8. The van der Waals surface area contributed by atoms with Gasteiger partial charge in [0.1, 0.15) is 18.1 Å². The van der Waals surface area contributed by atoms with Crippen LogP contribution in [0.3, 0.4) is 0 Å². The Morgan fingerprint density at radius 2 is 1.95 bits per heavy atom. The molecule has 5 rings (SSSR count). The van der Waals surface area contributed by atoms with E-state index in [1.807, 2.05) is 78.9 Å². The Bertz CT molecular complexity index is 1810. The third kappa shape index (κ3) is 5.57. The summed E-state index contributed by atoms with van der Waals surface area (Å²) >= 11 is 4.82. The first-order valence-corrected chi connectivity index (χ1v) is 14.1. The number of nitrogens with one attached hydrogen (secondary N) is 1. The molecule has 1 aromatic heterocycles. The molecule has 202 valence electrons. The monoisotopic (exact) mass is 615 g/mol. The lowest BCUT2D eigenvalue weighted by atomic mass is 9.95. The van der Waals surface area contributed by atoms with Crippen LogP contribution in [0.15, 0.2) is 111 Å². The van der Waals surface area contributed by atoms with E-state index in [0.29, 0.717) is 44.4 Å². The molecule has 1 aliphatic heterocycles. The predicted octanol–water partition coefficient (Wildman–Crippen LogP) is 5.21. The third-order valence-corrected chi connectivity index (χ3v) is 7.92. The summed E-state index contributed by atoms with van der Waals surface area (Å²) in [4.78, 5) is 32.8. The molecule has 2 heterocycles. The van der Waals surface area contributed by atoms with E-state index >= 15 is 0 Å². The Morgan fingerprint density at radius 1 is 1.15 bits per heavy atom. The van der Waals surface area contributed by atoms with Gasteiger partial charge in [-0.3, -0.25) is 14.2 Å². The second-order valence-corrected chi connectivity index (χ2v) is 10.8. The molecule has 4 aromatic rings. The number of fused-ring (bicyclic) bond motifs is 1. The molecule has 0 radical (unpaired) electrons. The summed E-state index contributed by atoms with van der Waals surface area (Å²) in [5.74, 6) is 0.982. The number of amides is 1. The van der Waals surface area contributed by atoms with Gasteiger partial charge in [0.15, 0.2) is 4.80 Å². The van der Waals surface area contributed by atoms with E-state index in [1.54, 1.807) is 24.7 Å².